The number of anilines is 1. The normalized spacial score (nSPS) is 12.9. The van der Waals surface area contributed by atoms with Gasteiger partial charge in [-0.3, -0.25) is 0 Å². The smallest absolute Gasteiger partial charge is 0.317 e. The highest BCUT2D eigenvalue weighted by Crippen LogP contribution is 2.33. The van der Waals surface area contributed by atoms with Crippen molar-refractivity contribution >= 4 is 35.1 Å². The maximum atomic E-state index is 12.5. The van der Waals surface area contributed by atoms with E-state index >= 15 is 0 Å². The quantitative estimate of drug-likeness (QED) is 0.692. The number of benzene rings is 1. The summed E-state index contributed by atoms with van der Waals surface area (Å²) in [6.45, 7) is 2.11. The Morgan fingerprint density at radius 3 is 2.54 bits per heavy atom. The van der Waals surface area contributed by atoms with E-state index in [1.165, 1.54) is 11.8 Å². The minimum atomic E-state index is -0.114. The average Bonchev–Trinajstić information content (AvgIpc) is 2.70. The first-order valence-corrected chi connectivity index (χ1v) is 9.59. The lowest BCUT2D eigenvalue weighted by Crippen LogP contribution is -2.44. The van der Waals surface area contributed by atoms with E-state index in [1.807, 2.05) is 12.1 Å². The molecule has 0 spiro atoms. The lowest BCUT2D eigenvalue weighted by molar-refractivity contribution is 0.192. The van der Waals surface area contributed by atoms with Gasteiger partial charge < -0.3 is 25.0 Å². The Balaban J connectivity index is 1.52. The molecule has 7 nitrogen and oxygen atoms in total. The number of aromatic nitrogens is 1. The van der Waals surface area contributed by atoms with Crippen molar-refractivity contribution in [1.29, 1.82) is 0 Å². The van der Waals surface area contributed by atoms with Crippen LogP contribution in [0.15, 0.2) is 24.4 Å². The van der Waals surface area contributed by atoms with Crippen molar-refractivity contribution in [2.24, 2.45) is 0 Å². The van der Waals surface area contributed by atoms with Crippen LogP contribution in [-0.2, 0) is 13.0 Å². The molecule has 2 aromatic rings. The van der Waals surface area contributed by atoms with E-state index in [9.17, 15) is 4.79 Å². The highest BCUT2D eigenvalue weighted by Gasteiger charge is 2.22. The van der Waals surface area contributed by atoms with Crippen LogP contribution in [0.5, 0.6) is 11.5 Å². The van der Waals surface area contributed by atoms with Crippen LogP contribution in [0, 0.1) is 0 Å². The summed E-state index contributed by atoms with van der Waals surface area (Å²) in [6.07, 6.45) is 2.29. The molecule has 2 N–H and O–H groups in total. The number of carbonyl (C=O) groups is 1. The third-order valence-corrected chi connectivity index (χ3v) is 5.00. The van der Waals surface area contributed by atoms with Crippen molar-refractivity contribution in [2.75, 3.05) is 39.2 Å². The maximum absolute atomic E-state index is 12.5. The fourth-order valence-electron chi connectivity index (χ4n) is 3.06. The first kappa shape index (κ1) is 20.4. The van der Waals surface area contributed by atoms with Crippen molar-refractivity contribution in [3.05, 3.63) is 45.6 Å². The SMILES string of the molecule is COc1cc2c(cc1OC)CN(C(=O)NCCNc1ncc(Cl)cc1Cl)CC2. The van der Waals surface area contributed by atoms with Gasteiger partial charge >= 0.3 is 6.03 Å². The van der Waals surface area contributed by atoms with E-state index in [2.05, 4.69) is 15.6 Å². The minimum absolute atomic E-state index is 0.114. The van der Waals surface area contributed by atoms with Gasteiger partial charge in [-0.05, 0) is 35.7 Å². The summed E-state index contributed by atoms with van der Waals surface area (Å²) in [4.78, 5) is 18.4. The molecular formula is C19H22Cl2N4O3. The molecule has 1 aromatic heterocycles. The number of hydrogen-bond acceptors (Lipinski definition) is 5. The highest BCUT2D eigenvalue weighted by molar-refractivity contribution is 6.35. The van der Waals surface area contributed by atoms with E-state index in [0.717, 1.165) is 12.0 Å². The van der Waals surface area contributed by atoms with Crippen molar-refractivity contribution in [2.45, 2.75) is 13.0 Å². The van der Waals surface area contributed by atoms with Gasteiger partial charge in [0.05, 0.1) is 24.3 Å². The first-order chi connectivity index (χ1) is 13.5. The average molecular weight is 425 g/mol. The molecule has 0 unspecified atom stereocenters. The monoisotopic (exact) mass is 424 g/mol. The molecule has 2 heterocycles. The fraction of sp³-hybridized carbons (Fsp3) is 0.368. The zero-order chi connectivity index (χ0) is 20.1. The van der Waals surface area contributed by atoms with Crippen LogP contribution < -0.4 is 20.1 Å². The summed E-state index contributed by atoms with van der Waals surface area (Å²) >= 11 is 11.9. The van der Waals surface area contributed by atoms with Gasteiger partial charge in [-0.15, -0.1) is 0 Å². The molecule has 9 heteroatoms. The number of methoxy groups -OCH3 is 2. The van der Waals surface area contributed by atoms with Crippen LogP contribution in [0.25, 0.3) is 0 Å². The number of pyridine rings is 1. The Hall–Kier alpha value is -2.38. The first-order valence-electron chi connectivity index (χ1n) is 8.83. The second-order valence-corrected chi connectivity index (χ2v) is 7.13. The number of urea groups is 1. The Morgan fingerprint density at radius 1 is 1.14 bits per heavy atom. The van der Waals surface area contributed by atoms with Gasteiger partial charge in [0.2, 0.25) is 0 Å². The molecule has 2 amide bonds. The van der Waals surface area contributed by atoms with Crippen LogP contribution in [-0.4, -0.2) is 49.8 Å². The predicted octanol–water partition coefficient (Wildman–Crippen LogP) is 3.59. The second kappa shape index (κ2) is 9.21. The van der Waals surface area contributed by atoms with Crippen LogP contribution in [0.4, 0.5) is 10.6 Å². The van der Waals surface area contributed by atoms with Crippen molar-refractivity contribution in [3.63, 3.8) is 0 Å². The van der Waals surface area contributed by atoms with Gasteiger partial charge in [-0.1, -0.05) is 23.2 Å². The summed E-state index contributed by atoms with van der Waals surface area (Å²) in [6, 6.07) is 5.42. The summed E-state index contributed by atoms with van der Waals surface area (Å²) in [5.41, 5.74) is 2.24. The van der Waals surface area contributed by atoms with Crippen LogP contribution >= 0.6 is 23.2 Å². The van der Waals surface area contributed by atoms with Gasteiger partial charge in [-0.2, -0.15) is 0 Å². The third-order valence-electron chi connectivity index (χ3n) is 4.51. The number of fused-ring (bicyclic) bond motifs is 1. The zero-order valence-corrected chi connectivity index (χ0v) is 17.2. The standard InChI is InChI=1S/C19H22Cl2N4O3/c1-27-16-7-12-3-6-25(11-13(12)8-17(16)28-2)19(26)23-5-4-22-18-15(21)9-14(20)10-24-18/h7-10H,3-6,11H2,1-2H3,(H,22,24)(H,23,26). The number of nitrogens with one attached hydrogen (secondary N) is 2. The molecule has 150 valence electrons. The Labute approximate surface area is 173 Å². The van der Waals surface area contributed by atoms with Gasteiger partial charge in [0.1, 0.15) is 5.82 Å². The number of hydrogen-bond donors (Lipinski definition) is 2. The third kappa shape index (κ3) is 4.72. The largest absolute Gasteiger partial charge is 0.493 e. The minimum Gasteiger partial charge on any atom is -0.493 e. The molecule has 0 atom stereocenters. The van der Waals surface area contributed by atoms with Crippen molar-refractivity contribution in [3.8, 4) is 11.5 Å². The van der Waals surface area contributed by atoms with Gasteiger partial charge in [0.25, 0.3) is 0 Å². The van der Waals surface area contributed by atoms with Crippen molar-refractivity contribution < 1.29 is 14.3 Å². The summed E-state index contributed by atoms with van der Waals surface area (Å²) in [5, 5.41) is 6.90. The Bertz CT molecular complexity index is 863. The number of ether oxygens (including phenoxy) is 2. The molecule has 1 aliphatic rings. The lowest BCUT2D eigenvalue weighted by Gasteiger charge is -2.29. The molecule has 1 aliphatic heterocycles. The van der Waals surface area contributed by atoms with E-state index in [-0.39, 0.29) is 6.03 Å². The Morgan fingerprint density at radius 2 is 1.86 bits per heavy atom. The lowest BCUT2D eigenvalue weighted by atomic mass is 9.99. The topological polar surface area (TPSA) is 75.7 Å². The van der Waals surface area contributed by atoms with Crippen LogP contribution in [0.3, 0.4) is 0 Å². The molecule has 0 saturated carbocycles. The molecule has 0 radical (unpaired) electrons. The number of carbonyl (C=O) groups excluding carboxylic acids is 1. The summed E-state index contributed by atoms with van der Waals surface area (Å²) in [7, 11) is 3.22. The van der Waals surface area contributed by atoms with E-state index < -0.39 is 0 Å². The summed E-state index contributed by atoms with van der Waals surface area (Å²) in [5.74, 6) is 1.91. The number of rotatable bonds is 6. The molecular weight excluding hydrogens is 403 g/mol. The molecule has 0 bridgehead atoms. The molecule has 0 aliphatic carbocycles. The van der Waals surface area contributed by atoms with Crippen LogP contribution in [0.1, 0.15) is 11.1 Å². The summed E-state index contributed by atoms with van der Waals surface area (Å²) < 4.78 is 10.7. The van der Waals surface area contributed by atoms with Crippen LogP contribution in [0.2, 0.25) is 10.0 Å². The van der Waals surface area contributed by atoms with Gasteiger partial charge in [-0.25, -0.2) is 9.78 Å². The molecule has 1 aromatic carbocycles. The fourth-order valence-corrected chi connectivity index (χ4v) is 3.51. The van der Waals surface area contributed by atoms with Crippen molar-refractivity contribution in [1.82, 2.24) is 15.2 Å². The van der Waals surface area contributed by atoms with E-state index in [1.54, 1.807) is 25.2 Å². The van der Waals surface area contributed by atoms with E-state index in [4.69, 9.17) is 32.7 Å². The number of amides is 2. The second-order valence-electron chi connectivity index (χ2n) is 6.29. The highest BCUT2D eigenvalue weighted by atomic mass is 35.5. The van der Waals surface area contributed by atoms with Gasteiger partial charge in [0, 0.05) is 32.4 Å². The molecule has 0 saturated heterocycles. The number of nitrogens with zero attached hydrogens (tertiary/aromatic N) is 2. The van der Waals surface area contributed by atoms with E-state index in [0.29, 0.717) is 53.5 Å². The Kier molecular flexibility index (Phi) is 6.70. The number of halogens is 2. The molecule has 0 fully saturated rings. The predicted molar refractivity (Wildman–Crippen MR) is 110 cm³/mol. The zero-order valence-electron chi connectivity index (χ0n) is 15.7. The maximum Gasteiger partial charge on any atom is 0.317 e. The molecule has 3 rings (SSSR count). The van der Waals surface area contributed by atoms with Gasteiger partial charge in [0.15, 0.2) is 11.5 Å². The molecule has 28 heavy (non-hydrogen) atoms.